The van der Waals surface area contributed by atoms with E-state index in [9.17, 15) is 4.79 Å². The minimum atomic E-state index is -0.681. The number of hydrogen-bond acceptors (Lipinski definition) is 3. The Balaban J connectivity index is 0.00000162. The summed E-state index contributed by atoms with van der Waals surface area (Å²) in [5.74, 6) is -0.0849. The average molecular weight is 273 g/mol. The van der Waals surface area contributed by atoms with Crippen LogP contribution >= 0.6 is 12.4 Å². The fourth-order valence-corrected chi connectivity index (χ4v) is 2.17. The van der Waals surface area contributed by atoms with E-state index in [-0.39, 0.29) is 18.3 Å². The van der Waals surface area contributed by atoms with Crippen LogP contribution in [0.1, 0.15) is 45.6 Å². The number of anilines is 1. The van der Waals surface area contributed by atoms with E-state index in [2.05, 4.69) is 10.4 Å². The van der Waals surface area contributed by atoms with Crippen molar-refractivity contribution in [3.8, 4) is 0 Å². The number of amides is 1. The molecule has 1 fully saturated rings. The van der Waals surface area contributed by atoms with Gasteiger partial charge in [0, 0.05) is 12.2 Å². The lowest BCUT2D eigenvalue weighted by Crippen LogP contribution is -2.48. The second-order valence-corrected chi connectivity index (χ2v) is 5.12. The molecule has 1 aromatic heterocycles. The highest BCUT2D eigenvalue weighted by molar-refractivity contribution is 5.97. The second-order valence-electron chi connectivity index (χ2n) is 5.12. The first-order valence-electron chi connectivity index (χ1n) is 6.16. The molecular weight excluding hydrogens is 252 g/mol. The molecule has 1 aliphatic rings. The molecular formula is C12H21ClN4O. The van der Waals surface area contributed by atoms with Gasteiger partial charge in [0.05, 0.1) is 17.4 Å². The van der Waals surface area contributed by atoms with Crippen molar-refractivity contribution in [2.24, 2.45) is 5.73 Å². The molecule has 1 amide bonds. The zero-order valence-electron chi connectivity index (χ0n) is 10.8. The molecule has 1 saturated carbocycles. The molecule has 18 heavy (non-hydrogen) atoms. The van der Waals surface area contributed by atoms with Crippen LogP contribution in [0.4, 0.5) is 5.69 Å². The van der Waals surface area contributed by atoms with E-state index in [0.29, 0.717) is 6.04 Å². The van der Waals surface area contributed by atoms with Crippen LogP contribution in [0.25, 0.3) is 0 Å². The Labute approximate surface area is 114 Å². The first-order chi connectivity index (χ1) is 8.01. The molecule has 2 rings (SSSR count). The van der Waals surface area contributed by atoms with Gasteiger partial charge in [-0.15, -0.1) is 12.4 Å². The summed E-state index contributed by atoms with van der Waals surface area (Å²) in [5.41, 5.74) is 6.12. The van der Waals surface area contributed by atoms with E-state index in [1.54, 1.807) is 6.20 Å². The van der Waals surface area contributed by atoms with Crippen molar-refractivity contribution in [1.82, 2.24) is 9.78 Å². The molecule has 6 heteroatoms. The Hall–Kier alpha value is -1.07. The predicted octanol–water partition coefficient (Wildman–Crippen LogP) is 2.10. The Bertz CT molecular complexity index is 410. The molecule has 3 N–H and O–H groups in total. The van der Waals surface area contributed by atoms with Gasteiger partial charge < -0.3 is 11.1 Å². The summed E-state index contributed by atoms with van der Waals surface area (Å²) in [6.07, 6.45) is 7.12. The second kappa shape index (κ2) is 5.71. The maximum Gasteiger partial charge on any atom is 0.244 e. The summed E-state index contributed by atoms with van der Waals surface area (Å²) >= 11 is 0. The lowest BCUT2D eigenvalue weighted by molar-refractivity contribution is -0.121. The fraction of sp³-hybridized carbons (Fsp3) is 0.667. The predicted molar refractivity (Wildman–Crippen MR) is 73.9 cm³/mol. The smallest absolute Gasteiger partial charge is 0.244 e. The third-order valence-electron chi connectivity index (χ3n) is 3.34. The van der Waals surface area contributed by atoms with Crippen LogP contribution in [0, 0.1) is 0 Å². The summed E-state index contributed by atoms with van der Waals surface area (Å²) in [5, 5.41) is 7.03. The Kier molecular flexibility index (Phi) is 4.76. The SMILES string of the molecule is CC(C)n1cc(NC(=O)C2(N)CCCC2)cn1.Cl. The molecule has 0 saturated heterocycles. The van der Waals surface area contributed by atoms with Gasteiger partial charge >= 0.3 is 0 Å². The number of rotatable bonds is 3. The molecule has 1 heterocycles. The summed E-state index contributed by atoms with van der Waals surface area (Å²) in [7, 11) is 0. The van der Waals surface area contributed by atoms with Crippen molar-refractivity contribution in [1.29, 1.82) is 0 Å². The summed E-state index contributed by atoms with van der Waals surface area (Å²) in [4.78, 5) is 12.0. The minimum absolute atomic E-state index is 0. The van der Waals surface area contributed by atoms with Crippen molar-refractivity contribution in [3.05, 3.63) is 12.4 Å². The highest BCUT2D eigenvalue weighted by atomic mass is 35.5. The van der Waals surface area contributed by atoms with E-state index in [0.717, 1.165) is 31.4 Å². The number of aromatic nitrogens is 2. The largest absolute Gasteiger partial charge is 0.322 e. The monoisotopic (exact) mass is 272 g/mol. The third kappa shape index (κ3) is 3.03. The fourth-order valence-electron chi connectivity index (χ4n) is 2.17. The first-order valence-corrected chi connectivity index (χ1v) is 6.16. The van der Waals surface area contributed by atoms with E-state index >= 15 is 0 Å². The standard InChI is InChI=1S/C12H20N4O.ClH/c1-9(2)16-8-10(7-14-16)15-11(17)12(13)5-3-4-6-12;/h7-9H,3-6,13H2,1-2H3,(H,15,17);1H. The normalized spacial score (nSPS) is 17.6. The number of nitrogens with one attached hydrogen (secondary N) is 1. The van der Waals surface area contributed by atoms with Crippen LogP contribution in [0.3, 0.4) is 0 Å². The third-order valence-corrected chi connectivity index (χ3v) is 3.34. The lowest BCUT2D eigenvalue weighted by atomic mass is 9.98. The summed E-state index contributed by atoms with van der Waals surface area (Å²) in [6.45, 7) is 4.08. The maximum atomic E-state index is 12.0. The first kappa shape index (κ1) is 15.0. The zero-order valence-corrected chi connectivity index (χ0v) is 11.7. The van der Waals surface area contributed by atoms with Crippen LogP contribution in [-0.4, -0.2) is 21.2 Å². The van der Waals surface area contributed by atoms with Gasteiger partial charge in [0.2, 0.25) is 5.91 Å². The number of nitrogens with zero attached hydrogens (tertiary/aromatic N) is 2. The van der Waals surface area contributed by atoms with Crippen molar-refractivity contribution >= 4 is 24.0 Å². The number of halogens is 1. The van der Waals surface area contributed by atoms with Crippen molar-refractivity contribution in [2.45, 2.75) is 51.1 Å². The van der Waals surface area contributed by atoms with E-state index in [1.165, 1.54) is 0 Å². The number of carbonyl (C=O) groups is 1. The molecule has 0 aliphatic heterocycles. The van der Waals surface area contributed by atoms with Crippen LogP contribution in [0.5, 0.6) is 0 Å². The Morgan fingerprint density at radius 1 is 1.50 bits per heavy atom. The molecule has 0 aromatic carbocycles. The molecule has 0 bridgehead atoms. The summed E-state index contributed by atoms with van der Waals surface area (Å²) < 4.78 is 1.81. The molecule has 102 valence electrons. The Morgan fingerprint density at radius 3 is 2.61 bits per heavy atom. The highest BCUT2D eigenvalue weighted by Gasteiger charge is 2.37. The van der Waals surface area contributed by atoms with E-state index in [1.807, 2.05) is 24.7 Å². The van der Waals surface area contributed by atoms with E-state index < -0.39 is 5.54 Å². The van der Waals surface area contributed by atoms with Gasteiger partial charge in [0.25, 0.3) is 0 Å². The van der Waals surface area contributed by atoms with Crippen molar-refractivity contribution < 1.29 is 4.79 Å². The van der Waals surface area contributed by atoms with Gasteiger partial charge in [-0.25, -0.2) is 0 Å². The van der Waals surface area contributed by atoms with Gasteiger partial charge in [-0.1, -0.05) is 12.8 Å². The highest BCUT2D eigenvalue weighted by Crippen LogP contribution is 2.28. The van der Waals surface area contributed by atoms with Crippen molar-refractivity contribution in [2.75, 3.05) is 5.32 Å². The minimum Gasteiger partial charge on any atom is -0.322 e. The number of hydrogen-bond donors (Lipinski definition) is 2. The maximum absolute atomic E-state index is 12.0. The number of carbonyl (C=O) groups excluding carboxylic acids is 1. The van der Waals surface area contributed by atoms with Gasteiger partial charge in [0.15, 0.2) is 0 Å². The molecule has 1 aliphatic carbocycles. The van der Waals surface area contributed by atoms with Gasteiger partial charge in [-0.2, -0.15) is 5.10 Å². The van der Waals surface area contributed by atoms with Gasteiger partial charge in [-0.05, 0) is 26.7 Å². The average Bonchev–Trinajstić information content (AvgIpc) is 2.88. The lowest BCUT2D eigenvalue weighted by Gasteiger charge is -2.21. The molecule has 5 nitrogen and oxygen atoms in total. The summed E-state index contributed by atoms with van der Waals surface area (Å²) in [6, 6.07) is 0.291. The van der Waals surface area contributed by atoms with Gasteiger partial charge in [0.1, 0.15) is 0 Å². The van der Waals surface area contributed by atoms with Crippen LogP contribution in [-0.2, 0) is 4.79 Å². The zero-order chi connectivity index (χ0) is 12.5. The molecule has 0 unspecified atom stereocenters. The van der Waals surface area contributed by atoms with Gasteiger partial charge in [-0.3, -0.25) is 9.48 Å². The van der Waals surface area contributed by atoms with E-state index in [4.69, 9.17) is 5.73 Å². The van der Waals surface area contributed by atoms with Crippen LogP contribution < -0.4 is 11.1 Å². The quantitative estimate of drug-likeness (QED) is 0.885. The van der Waals surface area contributed by atoms with Crippen LogP contribution in [0.15, 0.2) is 12.4 Å². The topological polar surface area (TPSA) is 72.9 Å². The number of nitrogens with two attached hydrogens (primary N) is 1. The molecule has 1 aromatic rings. The Morgan fingerprint density at radius 2 is 2.11 bits per heavy atom. The molecule has 0 radical (unpaired) electrons. The van der Waals surface area contributed by atoms with Crippen LogP contribution in [0.2, 0.25) is 0 Å². The molecule has 0 atom stereocenters. The van der Waals surface area contributed by atoms with Crippen molar-refractivity contribution in [3.63, 3.8) is 0 Å². The molecule has 0 spiro atoms.